The molecule has 2 N–H and O–H groups in total. The second-order valence-electron chi connectivity index (χ2n) is 9.77. The Morgan fingerprint density at radius 1 is 0.973 bits per heavy atom. The summed E-state index contributed by atoms with van der Waals surface area (Å²) in [6.45, 7) is 3.42. The van der Waals surface area contributed by atoms with Crippen LogP contribution in [-0.2, 0) is 11.8 Å². The van der Waals surface area contributed by atoms with Crippen LogP contribution in [0.25, 0.3) is 33.0 Å². The van der Waals surface area contributed by atoms with Crippen LogP contribution in [0, 0.1) is 0 Å². The number of halogens is 1. The van der Waals surface area contributed by atoms with Crippen molar-refractivity contribution in [3.05, 3.63) is 42.5 Å². The number of pyridine rings is 1. The second kappa shape index (κ2) is 13.3. The first-order valence-corrected chi connectivity index (χ1v) is 12.5. The number of furan rings is 1. The number of benzene rings is 2. The van der Waals surface area contributed by atoms with E-state index in [4.69, 9.17) is 9.15 Å². The summed E-state index contributed by atoms with van der Waals surface area (Å²) in [5.74, 6) is 0.522. The van der Waals surface area contributed by atoms with E-state index in [1.807, 2.05) is 32.3 Å². The Morgan fingerprint density at radius 2 is 1.68 bits per heavy atom. The molecule has 0 spiro atoms. The van der Waals surface area contributed by atoms with Crippen molar-refractivity contribution >= 4 is 44.6 Å². The number of aromatic nitrogens is 1. The Kier molecular flexibility index (Phi) is 10.4. The van der Waals surface area contributed by atoms with Gasteiger partial charge in [-0.25, -0.2) is 0 Å². The lowest BCUT2D eigenvalue weighted by Gasteiger charge is -2.12. The molecule has 2 aromatic carbocycles. The minimum atomic E-state index is -0.119. The first-order chi connectivity index (χ1) is 17.3. The quantitative estimate of drug-likeness (QED) is 0.136. The lowest BCUT2D eigenvalue weighted by atomic mass is 10.1. The Morgan fingerprint density at radius 3 is 2.41 bits per heavy atom. The van der Waals surface area contributed by atoms with E-state index in [-0.39, 0.29) is 36.5 Å². The SMILES string of the molecule is CN(C)CCCNC(=O)COc1ccc2oc3c(NCCCN(C)C)c4ccccc4[n+](C)c3c2c1.[I-]. The van der Waals surface area contributed by atoms with E-state index < -0.39 is 0 Å². The maximum atomic E-state index is 12.2. The van der Waals surface area contributed by atoms with Crippen LogP contribution in [0.5, 0.6) is 5.75 Å². The Balaban J connectivity index is 0.00000380. The number of nitrogens with zero attached hydrogens (tertiary/aromatic N) is 3. The number of rotatable bonds is 12. The van der Waals surface area contributed by atoms with Gasteiger partial charge in [-0.15, -0.1) is 0 Å². The number of amides is 1. The maximum absolute atomic E-state index is 12.2. The Labute approximate surface area is 235 Å². The number of ether oxygens (including phenoxy) is 1. The highest BCUT2D eigenvalue weighted by Gasteiger charge is 2.24. The van der Waals surface area contributed by atoms with Crippen LogP contribution in [0.2, 0.25) is 0 Å². The smallest absolute Gasteiger partial charge is 0.261 e. The van der Waals surface area contributed by atoms with Crippen LogP contribution in [0.4, 0.5) is 5.69 Å². The summed E-state index contributed by atoms with van der Waals surface area (Å²) in [7, 11) is 10.3. The van der Waals surface area contributed by atoms with Crippen LogP contribution in [0.3, 0.4) is 0 Å². The molecule has 0 radical (unpaired) electrons. The molecule has 1 amide bonds. The number of aryl methyl sites for hydroxylation is 1. The van der Waals surface area contributed by atoms with Gasteiger partial charge in [0, 0.05) is 19.2 Å². The van der Waals surface area contributed by atoms with Crippen LogP contribution in [-0.4, -0.2) is 76.7 Å². The molecule has 200 valence electrons. The summed E-state index contributed by atoms with van der Waals surface area (Å²) in [5, 5.41) is 8.63. The first kappa shape index (κ1) is 28.9. The standard InChI is InChI=1S/C28H37N5O3.HI/c1-31(2)16-8-14-29-25(34)19-35-20-12-13-24-22(18-20)27-28(36-24)26(30-15-9-17-32(3)4)21-10-6-7-11-23(21)33(27)5;/h6-7,10-13,18H,8-9,14-17,19H2,1-5H3,(H,29,34);1H. The summed E-state index contributed by atoms with van der Waals surface area (Å²) < 4.78 is 14.4. The highest BCUT2D eigenvalue weighted by atomic mass is 127. The van der Waals surface area contributed by atoms with Gasteiger partial charge < -0.3 is 53.6 Å². The zero-order valence-corrected chi connectivity index (χ0v) is 24.6. The minimum Gasteiger partial charge on any atom is -1.00 e. The van der Waals surface area contributed by atoms with Gasteiger partial charge in [-0.3, -0.25) is 4.79 Å². The Hall–Kier alpha value is -2.63. The number of hydrogen-bond donors (Lipinski definition) is 2. The van der Waals surface area contributed by atoms with Crippen molar-refractivity contribution in [3.8, 4) is 5.75 Å². The van der Waals surface area contributed by atoms with Gasteiger partial charge in [-0.1, -0.05) is 12.1 Å². The largest absolute Gasteiger partial charge is 1.00 e. The minimum absolute atomic E-state index is 0. The molecular weight excluding hydrogens is 581 g/mol. The summed E-state index contributed by atoms with van der Waals surface area (Å²) in [6.07, 6.45) is 1.93. The van der Waals surface area contributed by atoms with Crippen LogP contribution in [0.15, 0.2) is 46.9 Å². The number of carbonyl (C=O) groups excluding carboxylic acids is 1. The van der Waals surface area contributed by atoms with Gasteiger partial charge in [0.2, 0.25) is 11.1 Å². The highest BCUT2D eigenvalue weighted by molar-refractivity contribution is 6.11. The van der Waals surface area contributed by atoms with Crippen LogP contribution in [0.1, 0.15) is 12.8 Å². The van der Waals surface area contributed by atoms with Gasteiger partial charge in [0.25, 0.3) is 11.4 Å². The summed E-state index contributed by atoms with van der Waals surface area (Å²) in [5.41, 5.74) is 4.73. The van der Waals surface area contributed by atoms with E-state index in [2.05, 4.69) is 70.4 Å². The highest BCUT2D eigenvalue weighted by Crippen LogP contribution is 2.37. The number of fused-ring (bicyclic) bond motifs is 4. The van der Waals surface area contributed by atoms with Crippen LogP contribution < -0.4 is 43.9 Å². The maximum Gasteiger partial charge on any atom is 0.261 e. The molecule has 2 heterocycles. The van der Waals surface area contributed by atoms with Crippen molar-refractivity contribution < 1.29 is 42.5 Å². The van der Waals surface area contributed by atoms with Crippen molar-refractivity contribution in [1.29, 1.82) is 0 Å². The number of anilines is 1. The molecule has 8 nitrogen and oxygen atoms in total. The molecule has 2 aromatic heterocycles. The van der Waals surface area contributed by atoms with Crippen molar-refractivity contribution in [3.63, 3.8) is 0 Å². The molecule has 0 unspecified atom stereocenters. The zero-order chi connectivity index (χ0) is 25.7. The van der Waals surface area contributed by atoms with E-state index in [1.165, 1.54) is 0 Å². The average molecular weight is 620 g/mol. The molecule has 0 fully saturated rings. The fourth-order valence-corrected chi connectivity index (χ4v) is 4.48. The van der Waals surface area contributed by atoms with E-state index in [1.54, 1.807) is 0 Å². The van der Waals surface area contributed by atoms with Crippen LogP contribution >= 0.6 is 0 Å². The van der Waals surface area contributed by atoms with Gasteiger partial charge >= 0.3 is 0 Å². The van der Waals surface area contributed by atoms with Gasteiger partial charge in [0.15, 0.2) is 6.61 Å². The molecule has 0 saturated heterocycles. The fraction of sp³-hybridized carbons (Fsp3) is 0.429. The molecule has 0 aliphatic heterocycles. The molecule has 0 atom stereocenters. The van der Waals surface area contributed by atoms with Gasteiger partial charge in [-0.05, 0) is 78.4 Å². The van der Waals surface area contributed by atoms with Gasteiger partial charge in [-0.2, -0.15) is 4.57 Å². The van der Waals surface area contributed by atoms with Crippen molar-refractivity contribution in [2.75, 3.05) is 66.3 Å². The number of carbonyl (C=O) groups is 1. The molecule has 4 aromatic rings. The van der Waals surface area contributed by atoms with Crippen molar-refractivity contribution in [2.24, 2.45) is 7.05 Å². The first-order valence-electron chi connectivity index (χ1n) is 12.5. The van der Waals surface area contributed by atoms with Gasteiger partial charge in [0.1, 0.15) is 18.4 Å². The molecule has 0 bridgehead atoms. The normalized spacial score (nSPS) is 11.4. The van der Waals surface area contributed by atoms with Crippen molar-refractivity contribution in [1.82, 2.24) is 15.1 Å². The number of hydrogen-bond acceptors (Lipinski definition) is 6. The molecule has 9 heteroatoms. The van der Waals surface area contributed by atoms with E-state index in [0.717, 1.165) is 71.1 Å². The van der Waals surface area contributed by atoms with E-state index in [9.17, 15) is 4.79 Å². The summed E-state index contributed by atoms with van der Waals surface area (Å²) in [6, 6.07) is 14.1. The predicted octanol–water partition coefficient (Wildman–Crippen LogP) is 0.378. The summed E-state index contributed by atoms with van der Waals surface area (Å²) >= 11 is 0. The molecule has 4 rings (SSSR count). The topological polar surface area (TPSA) is 73.9 Å². The number of nitrogens with one attached hydrogen (secondary N) is 2. The third-order valence-corrected chi connectivity index (χ3v) is 6.29. The molecule has 0 aliphatic rings. The molecular formula is C28H38IN5O3. The predicted molar refractivity (Wildman–Crippen MR) is 146 cm³/mol. The van der Waals surface area contributed by atoms with Crippen molar-refractivity contribution in [2.45, 2.75) is 12.8 Å². The monoisotopic (exact) mass is 619 g/mol. The molecule has 0 saturated carbocycles. The second-order valence-corrected chi connectivity index (χ2v) is 9.77. The average Bonchev–Trinajstić information content (AvgIpc) is 3.23. The number of para-hydroxylation sites is 1. The molecule has 0 aliphatic carbocycles. The lowest BCUT2D eigenvalue weighted by molar-refractivity contribution is -0.616. The van der Waals surface area contributed by atoms with E-state index >= 15 is 0 Å². The Bertz CT molecular complexity index is 1350. The lowest BCUT2D eigenvalue weighted by Crippen LogP contribution is -3.00. The summed E-state index contributed by atoms with van der Waals surface area (Å²) in [4.78, 5) is 16.5. The van der Waals surface area contributed by atoms with E-state index in [0.29, 0.717) is 12.3 Å². The third kappa shape index (κ3) is 7.03. The van der Waals surface area contributed by atoms with Gasteiger partial charge in [0.05, 0.1) is 16.5 Å². The third-order valence-electron chi connectivity index (χ3n) is 6.29. The fourth-order valence-electron chi connectivity index (χ4n) is 4.48. The zero-order valence-electron chi connectivity index (χ0n) is 22.4. The molecule has 37 heavy (non-hydrogen) atoms.